The molecule has 0 bridgehead atoms. The Labute approximate surface area is 99.3 Å². The molecule has 0 aromatic carbocycles. The zero-order chi connectivity index (χ0) is 13.1. The summed E-state index contributed by atoms with van der Waals surface area (Å²) in [6.07, 6.45) is 1.35. The van der Waals surface area contributed by atoms with Gasteiger partial charge < -0.3 is 20.3 Å². The predicted octanol–water partition coefficient (Wildman–Crippen LogP) is 1.28. The van der Waals surface area contributed by atoms with Crippen molar-refractivity contribution in [3.63, 3.8) is 0 Å². The van der Waals surface area contributed by atoms with E-state index in [1.165, 1.54) is 18.5 Å². The second-order valence-corrected chi connectivity index (χ2v) is 4.45. The first-order chi connectivity index (χ1) is 7.79. The molecule has 94 valence electrons. The zero-order valence-corrected chi connectivity index (χ0v) is 9.97. The van der Waals surface area contributed by atoms with Crippen molar-refractivity contribution < 1.29 is 19.7 Å². The number of hydrogen-bond acceptors (Lipinski definition) is 5. The van der Waals surface area contributed by atoms with Crippen LogP contribution in [0.15, 0.2) is 18.5 Å². The molecule has 1 aromatic heterocycles. The fourth-order valence-corrected chi connectivity index (χ4v) is 1.19. The maximum Gasteiger partial charge on any atom is 0.339 e. The van der Waals surface area contributed by atoms with Gasteiger partial charge in [-0.15, -0.1) is 0 Å². The average molecular weight is 240 g/mol. The number of carboxylic acid groups (broad SMARTS) is 1. The second kappa shape index (κ2) is 5.11. The lowest BCUT2D eigenvalue weighted by Crippen LogP contribution is -2.33. The van der Waals surface area contributed by atoms with Gasteiger partial charge in [0, 0.05) is 12.4 Å². The van der Waals surface area contributed by atoms with E-state index in [1.54, 1.807) is 20.8 Å². The van der Waals surface area contributed by atoms with E-state index in [2.05, 4.69) is 10.3 Å². The van der Waals surface area contributed by atoms with Crippen LogP contribution >= 0.6 is 0 Å². The number of nitrogens with one attached hydrogen (secondary N) is 1. The summed E-state index contributed by atoms with van der Waals surface area (Å²) < 4.78 is 5.21. The normalized spacial score (nSPS) is 13.2. The maximum absolute atomic E-state index is 10.9. The van der Waals surface area contributed by atoms with Gasteiger partial charge in [0.15, 0.2) is 0 Å². The molecule has 1 atom stereocenters. The van der Waals surface area contributed by atoms with Crippen LogP contribution in [0.1, 0.15) is 31.1 Å². The Kier molecular flexibility index (Phi) is 4.03. The van der Waals surface area contributed by atoms with Gasteiger partial charge in [-0.25, -0.2) is 4.79 Å². The van der Waals surface area contributed by atoms with Crippen molar-refractivity contribution in [3.05, 3.63) is 24.0 Å². The van der Waals surface area contributed by atoms with Crippen LogP contribution in [0.2, 0.25) is 0 Å². The van der Waals surface area contributed by atoms with Crippen LogP contribution in [0.3, 0.4) is 0 Å². The molecule has 0 aliphatic rings. The summed E-state index contributed by atoms with van der Waals surface area (Å²) in [6.45, 7) is 5.34. The monoisotopic (exact) mass is 240 g/mol. The summed E-state index contributed by atoms with van der Waals surface area (Å²) in [5.41, 5.74) is -0.309. The standard InChI is InChI=1S/C11H16N2O4/c1-11(2,3)17-10(16)13-8-4-5-12-6-7(8)9(14)15/h4-6,10,16H,1-3H3,(H,12,13)(H,14,15). The van der Waals surface area contributed by atoms with Gasteiger partial charge in [-0.05, 0) is 26.8 Å². The highest BCUT2D eigenvalue weighted by atomic mass is 16.6. The molecule has 0 spiro atoms. The molecule has 1 rings (SSSR count). The van der Waals surface area contributed by atoms with Crippen molar-refractivity contribution in [1.29, 1.82) is 0 Å². The number of ether oxygens (including phenoxy) is 1. The minimum atomic E-state index is -1.28. The van der Waals surface area contributed by atoms with E-state index in [4.69, 9.17) is 9.84 Å². The number of aliphatic hydroxyl groups excluding tert-OH is 1. The number of hydrogen-bond donors (Lipinski definition) is 3. The quantitative estimate of drug-likeness (QED) is 0.687. The third-order valence-electron chi connectivity index (χ3n) is 1.80. The van der Waals surface area contributed by atoms with Crippen LogP contribution in [0.25, 0.3) is 0 Å². The Morgan fingerprint density at radius 2 is 2.18 bits per heavy atom. The van der Waals surface area contributed by atoms with E-state index in [9.17, 15) is 9.90 Å². The number of carboxylic acids is 1. The molecule has 0 saturated heterocycles. The van der Waals surface area contributed by atoms with Crippen LogP contribution < -0.4 is 5.32 Å². The number of rotatable bonds is 4. The molecule has 0 radical (unpaired) electrons. The first kappa shape index (κ1) is 13.4. The Bertz CT molecular complexity index is 401. The summed E-state index contributed by atoms with van der Waals surface area (Å²) in [5.74, 6) is -1.12. The van der Waals surface area contributed by atoms with Crippen molar-refractivity contribution in [2.24, 2.45) is 0 Å². The molecule has 6 nitrogen and oxygen atoms in total. The molecule has 0 amide bonds. The fourth-order valence-electron chi connectivity index (χ4n) is 1.19. The summed E-state index contributed by atoms with van der Waals surface area (Å²) in [4.78, 5) is 14.6. The number of aliphatic hydroxyl groups is 1. The lowest BCUT2D eigenvalue weighted by Gasteiger charge is -2.25. The number of pyridine rings is 1. The first-order valence-corrected chi connectivity index (χ1v) is 5.09. The molecular formula is C11H16N2O4. The number of carbonyl (C=O) groups is 1. The van der Waals surface area contributed by atoms with E-state index in [0.717, 1.165) is 0 Å². The molecule has 1 heterocycles. The predicted molar refractivity (Wildman–Crippen MR) is 61.7 cm³/mol. The summed E-state index contributed by atoms with van der Waals surface area (Å²) >= 11 is 0. The topological polar surface area (TPSA) is 91.7 Å². The van der Waals surface area contributed by atoms with Crippen molar-refractivity contribution in [1.82, 2.24) is 4.98 Å². The molecule has 3 N–H and O–H groups in total. The Hall–Kier alpha value is -1.66. The zero-order valence-electron chi connectivity index (χ0n) is 9.97. The summed E-state index contributed by atoms with van der Waals surface area (Å²) in [6, 6.07) is 1.46. The van der Waals surface area contributed by atoms with E-state index in [1.807, 2.05) is 0 Å². The van der Waals surface area contributed by atoms with E-state index in [-0.39, 0.29) is 11.3 Å². The minimum Gasteiger partial charge on any atom is -0.478 e. The molecule has 17 heavy (non-hydrogen) atoms. The third-order valence-corrected chi connectivity index (χ3v) is 1.80. The first-order valence-electron chi connectivity index (χ1n) is 5.09. The molecule has 1 unspecified atom stereocenters. The van der Waals surface area contributed by atoms with Crippen molar-refractivity contribution >= 4 is 11.7 Å². The molecule has 1 aromatic rings. The van der Waals surface area contributed by atoms with Crippen LogP contribution in [-0.4, -0.2) is 33.2 Å². The van der Waals surface area contributed by atoms with Crippen molar-refractivity contribution in [2.75, 3.05) is 5.32 Å². The maximum atomic E-state index is 10.9. The summed E-state index contributed by atoms with van der Waals surface area (Å²) in [5, 5.41) is 21.1. The molecule has 6 heteroatoms. The van der Waals surface area contributed by atoms with Crippen LogP contribution in [0.5, 0.6) is 0 Å². The van der Waals surface area contributed by atoms with Crippen molar-refractivity contribution in [3.8, 4) is 0 Å². The highest BCUT2D eigenvalue weighted by Gasteiger charge is 2.18. The lowest BCUT2D eigenvalue weighted by atomic mass is 10.2. The fraction of sp³-hybridized carbons (Fsp3) is 0.455. The van der Waals surface area contributed by atoms with Gasteiger partial charge in [-0.1, -0.05) is 0 Å². The second-order valence-electron chi connectivity index (χ2n) is 4.45. The number of anilines is 1. The van der Waals surface area contributed by atoms with Crippen LogP contribution in [-0.2, 0) is 4.74 Å². The van der Waals surface area contributed by atoms with Gasteiger partial charge in [0.25, 0.3) is 0 Å². The molecule has 0 fully saturated rings. The molecule has 0 aliphatic carbocycles. The summed E-state index contributed by atoms with van der Waals surface area (Å²) in [7, 11) is 0. The van der Waals surface area contributed by atoms with Crippen molar-refractivity contribution in [2.45, 2.75) is 32.8 Å². The van der Waals surface area contributed by atoms with Gasteiger partial charge >= 0.3 is 5.97 Å². The number of nitrogens with zero attached hydrogens (tertiary/aromatic N) is 1. The Morgan fingerprint density at radius 3 is 2.71 bits per heavy atom. The molecular weight excluding hydrogens is 224 g/mol. The van der Waals surface area contributed by atoms with Crippen LogP contribution in [0.4, 0.5) is 5.69 Å². The van der Waals surface area contributed by atoms with E-state index < -0.39 is 18.0 Å². The highest BCUT2D eigenvalue weighted by Crippen LogP contribution is 2.16. The van der Waals surface area contributed by atoms with E-state index >= 15 is 0 Å². The van der Waals surface area contributed by atoms with Gasteiger partial charge in [-0.2, -0.15) is 0 Å². The van der Waals surface area contributed by atoms with Gasteiger partial charge in [0.2, 0.25) is 6.41 Å². The lowest BCUT2D eigenvalue weighted by molar-refractivity contribution is -0.148. The van der Waals surface area contributed by atoms with Gasteiger partial charge in [0.05, 0.1) is 11.3 Å². The number of aromatic nitrogens is 1. The minimum absolute atomic E-state index is 0.0240. The largest absolute Gasteiger partial charge is 0.478 e. The Morgan fingerprint density at radius 1 is 1.53 bits per heavy atom. The van der Waals surface area contributed by atoms with Crippen LogP contribution in [0, 0.1) is 0 Å². The smallest absolute Gasteiger partial charge is 0.339 e. The SMILES string of the molecule is CC(C)(C)OC(O)Nc1ccncc1C(=O)O. The average Bonchev–Trinajstić information content (AvgIpc) is 2.14. The van der Waals surface area contributed by atoms with Gasteiger partial charge in [0.1, 0.15) is 5.56 Å². The third kappa shape index (κ3) is 4.38. The molecule has 0 saturated carbocycles. The Balaban J connectivity index is 2.78. The molecule has 0 aliphatic heterocycles. The highest BCUT2D eigenvalue weighted by molar-refractivity contribution is 5.93. The number of aromatic carboxylic acids is 1. The van der Waals surface area contributed by atoms with Gasteiger partial charge in [-0.3, -0.25) is 4.98 Å². The van der Waals surface area contributed by atoms with E-state index in [0.29, 0.717) is 0 Å².